The van der Waals surface area contributed by atoms with Crippen molar-refractivity contribution in [3.05, 3.63) is 23.2 Å². The first kappa shape index (κ1) is 13.5. The molecule has 0 amide bonds. The van der Waals surface area contributed by atoms with Crippen molar-refractivity contribution in [1.82, 2.24) is 9.97 Å². The third kappa shape index (κ3) is 4.37. The van der Waals surface area contributed by atoms with Crippen LogP contribution in [-0.2, 0) is 6.54 Å². The van der Waals surface area contributed by atoms with Gasteiger partial charge in [0.05, 0.1) is 5.69 Å². The molecule has 1 heterocycles. The standard InChI is InChI=1S/C5H6ClN3.2ClH/c6-5-8-2-1-4(3-7)9-5;;/h1-2H,3,7H2;2*1H. The van der Waals surface area contributed by atoms with Crippen LogP contribution >= 0.6 is 36.4 Å². The molecule has 0 aliphatic heterocycles. The highest BCUT2D eigenvalue weighted by molar-refractivity contribution is 6.28. The molecule has 1 rings (SSSR count). The second kappa shape index (κ2) is 6.61. The van der Waals surface area contributed by atoms with E-state index in [1.54, 1.807) is 12.3 Å². The van der Waals surface area contributed by atoms with Gasteiger partial charge in [-0.15, -0.1) is 24.8 Å². The average molecular weight is 216 g/mol. The number of hydrogen-bond donors (Lipinski definition) is 1. The zero-order valence-corrected chi connectivity index (χ0v) is 7.92. The van der Waals surface area contributed by atoms with Crippen molar-refractivity contribution in [2.24, 2.45) is 5.73 Å². The lowest BCUT2D eigenvalue weighted by atomic mass is 10.4. The van der Waals surface area contributed by atoms with E-state index in [1.165, 1.54) is 0 Å². The fourth-order valence-electron chi connectivity index (χ4n) is 0.483. The maximum Gasteiger partial charge on any atom is 0.222 e. The Morgan fingerprint density at radius 3 is 2.45 bits per heavy atom. The van der Waals surface area contributed by atoms with Crippen molar-refractivity contribution in [2.75, 3.05) is 0 Å². The van der Waals surface area contributed by atoms with E-state index in [0.717, 1.165) is 5.69 Å². The molecule has 0 radical (unpaired) electrons. The van der Waals surface area contributed by atoms with Crippen LogP contribution in [0.15, 0.2) is 12.3 Å². The molecule has 64 valence electrons. The highest BCUT2D eigenvalue weighted by atomic mass is 35.5. The van der Waals surface area contributed by atoms with Gasteiger partial charge in [-0.1, -0.05) is 0 Å². The van der Waals surface area contributed by atoms with Crippen molar-refractivity contribution in [3.63, 3.8) is 0 Å². The van der Waals surface area contributed by atoms with E-state index in [9.17, 15) is 0 Å². The molecule has 0 atom stereocenters. The molecular weight excluding hydrogens is 208 g/mol. The van der Waals surface area contributed by atoms with E-state index in [2.05, 4.69) is 9.97 Å². The van der Waals surface area contributed by atoms with Crippen molar-refractivity contribution in [2.45, 2.75) is 6.54 Å². The lowest BCUT2D eigenvalue weighted by Gasteiger charge is -1.92. The van der Waals surface area contributed by atoms with Gasteiger partial charge in [-0.05, 0) is 17.7 Å². The molecule has 0 saturated heterocycles. The second-order valence-corrected chi connectivity index (χ2v) is 1.86. The SMILES string of the molecule is Cl.Cl.NCc1ccnc(Cl)n1. The third-order valence-electron chi connectivity index (χ3n) is 0.893. The van der Waals surface area contributed by atoms with E-state index in [1.807, 2.05) is 0 Å². The van der Waals surface area contributed by atoms with Crippen molar-refractivity contribution < 1.29 is 0 Å². The predicted octanol–water partition coefficient (Wildman–Crippen LogP) is 1.43. The summed E-state index contributed by atoms with van der Waals surface area (Å²) < 4.78 is 0. The largest absolute Gasteiger partial charge is 0.325 e. The van der Waals surface area contributed by atoms with Crippen LogP contribution in [0.4, 0.5) is 0 Å². The van der Waals surface area contributed by atoms with Crippen LogP contribution in [0.2, 0.25) is 5.28 Å². The second-order valence-electron chi connectivity index (χ2n) is 1.52. The maximum atomic E-state index is 5.45. The number of hydrogen-bond acceptors (Lipinski definition) is 3. The minimum atomic E-state index is 0. The predicted molar refractivity (Wildman–Crippen MR) is 49.4 cm³/mol. The van der Waals surface area contributed by atoms with Crippen molar-refractivity contribution >= 4 is 36.4 Å². The Labute approximate surface area is 82.2 Å². The number of rotatable bonds is 1. The number of nitrogens with two attached hydrogens (primary N) is 1. The fourth-order valence-corrected chi connectivity index (χ4v) is 0.648. The average Bonchev–Trinajstić information content (AvgIpc) is 1.88. The molecule has 3 nitrogen and oxygen atoms in total. The molecule has 0 spiro atoms. The molecule has 6 heteroatoms. The summed E-state index contributed by atoms with van der Waals surface area (Å²) in [6.45, 7) is 0.405. The quantitative estimate of drug-likeness (QED) is 0.723. The van der Waals surface area contributed by atoms with Crippen molar-refractivity contribution in [3.8, 4) is 0 Å². The van der Waals surface area contributed by atoms with Crippen LogP contribution in [-0.4, -0.2) is 9.97 Å². The van der Waals surface area contributed by atoms with E-state index >= 15 is 0 Å². The van der Waals surface area contributed by atoms with Crippen molar-refractivity contribution in [1.29, 1.82) is 0 Å². The smallest absolute Gasteiger partial charge is 0.222 e. The van der Waals surface area contributed by atoms with Gasteiger partial charge in [-0.25, -0.2) is 9.97 Å². The van der Waals surface area contributed by atoms with Crippen LogP contribution in [0, 0.1) is 0 Å². The molecule has 0 aliphatic carbocycles. The summed E-state index contributed by atoms with van der Waals surface area (Å²) in [6.07, 6.45) is 1.58. The van der Waals surface area contributed by atoms with E-state index in [0.29, 0.717) is 6.54 Å². The van der Waals surface area contributed by atoms with Crippen LogP contribution in [0.5, 0.6) is 0 Å². The van der Waals surface area contributed by atoms with Gasteiger partial charge in [0.2, 0.25) is 5.28 Å². The van der Waals surface area contributed by atoms with Gasteiger partial charge in [-0.2, -0.15) is 0 Å². The Bertz CT molecular complexity index is 206. The number of aromatic nitrogens is 2. The normalized spacial score (nSPS) is 7.82. The fraction of sp³-hybridized carbons (Fsp3) is 0.200. The Morgan fingerprint density at radius 1 is 1.45 bits per heavy atom. The minimum Gasteiger partial charge on any atom is -0.325 e. The number of halogens is 3. The first-order chi connectivity index (χ1) is 4.33. The van der Waals surface area contributed by atoms with Crippen LogP contribution in [0.1, 0.15) is 5.69 Å². The molecule has 0 fully saturated rings. The molecule has 2 N–H and O–H groups in total. The monoisotopic (exact) mass is 215 g/mol. The van der Waals surface area contributed by atoms with Crippen LogP contribution in [0.25, 0.3) is 0 Å². The number of nitrogens with zero attached hydrogens (tertiary/aromatic N) is 2. The maximum absolute atomic E-state index is 5.45. The third-order valence-corrected chi connectivity index (χ3v) is 1.08. The molecule has 1 aromatic heterocycles. The van der Waals surface area contributed by atoms with Crippen LogP contribution < -0.4 is 5.73 Å². The zero-order valence-electron chi connectivity index (χ0n) is 5.53. The topological polar surface area (TPSA) is 51.8 Å². The van der Waals surface area contributed by atoms with Gasteiger partial charge >= 0.3 is 0 Å². The van der Waals surface area contributed by atoms with Gasteiger partial charge < -0.3 is 5.73 Å². The first-order valence-electron chi connectivity index (χ1n) is 2.50. The lowest BCUT2D eigenvalue weighted by Crippen LogP contribution is -1.99. The summed E-state index contributed by atoms with van der Waals surface area (Å²) in [5, 5.41) is 0.248. The molecule has 0 aliphatic rings. The summed E-state index contributed by atoms with van der Waals surface area (Å²) >= 11 is 5.45. The summed E-state index contributed by atoms with van der Waals surface area (Å²) in [5.41, 5.74) is 6.03. The summed E-state index contributed by atoms with van der Waals surface area (Å²) in [7, 11) is 0. The molecule has 0 bridgehead atoms. The summed E-state index contributed by atoms with van der Waals surface area (Å²) in [5.74, 6) is 0. The molecule has 11 heavy (non-hydrogen) atoms. The molecular formula is C5H8Cl3N3. The van der Waals surface area contributed by atoms with Gasteiger partial charge in [-0.3, -0.25) is 0 Å². The minimum absolute atomic E-state index is 0. The highest BCUT2D eigenvalue weighted by Gasteiger charge is 1.90. The molecule has 0 aromatic carbocycles. The van der Waals surface area contributed by atoms with E-state index in [4.69, 9.17) is 17.3 Å². The molecule has 0 saturated carbocycles. The first-order valence-corrected chi connectivity index (χ1v) is 2.88. The summed E-state index contributed by atoms with van der Waals surface area (Å²) in [6, 6.07) is 1.73. The van der Waals surface area contributed by atoms with E-state index in [-0.39, 0.29) is 30.1 Å². The lowest BCUT2D eigenvalue weighted by molar-refractivity contribution is 0.964. The van der Waals surface area contributed by atoms with Gasteiger partial charge in [0.1, 0.15) is 0 Å². The van der Waals surface area contributed by atoms with Crippen LogP contribution in [0.3, 0.4) is 0 Å². The highest BCUT2D eigenvalue weighted by Crippen LogP contribution is 1.98. The Balaban J connectivity index is 0. The Kier molecular flexibility index (Phi) is 8.11. The molecule has 1 aromatic rings. The summed E-state index contributed by atoms with van der Waals surface area (Å²) in [4.78, 5) is 7.51. The Morgan fingerprint density at radius 2 is 2.09 bits per heavy atom. The molecule has 0 unspecified atom stereocenters. The van der Waals surface area contributed by atoms with Gasteiger partial charge in [0.15, 0.2) is 0 Å². The van der Waals surface area contributed by atoms with Gasteiger partial charge in [0, 0.05) is 12.7 Å². The van der Waals surface area contributed by atoms with E-state index < -0.39 is 0 Å². The Hall–Kier alpha value is -0.0900. The zero-order chi connectivity index (χ0) is 6.69. The van der Waals surface area contributed by atoms with Gasteiger partial charge in [0.25, 0.3) is 0 Å².